The molecule has 1 aliphatic heterocycles. The Kier molecular flexibility index (Phi) is 3.01. The predicted molar refractivity (Wildman–Crippen MR) is 58.1 cm³/mol. The number of benzene rings is 1. The molecule has 1 atom stereocenters. The molecule has 0 N–H and O–H groups in total. The van der Waals surface area contributed by atoms with Crippen LogP contribution in [0.2, 0.25) is 5.02 Å². The molecule has 1 amide bonds. The van der Waals surface area contributed by atoms with Gasteiger partial charge in [0.05, 0.1) is 5.02 Å². The van der Waals surface area contributed by atoms with Crippen LogP contribution in [0.15, 0.2) is 18.2 Å². The lowest BCUT2D eigenvalue weighted by molar-refractivity contribution is -0.132. The summed E-state index contributed by atoms with van der Waals surface area (Å²) in [6, 6.07) is 4.15. The molecular weight excluding hydrogens is 233 g/mol. The fourth-order valence-electron chi connectivity index (χ4n) is 1.61. The maximum Gasteiger partial charge on any atom is 0.263 e. The highest BCUT2D eigenvalue weighted by Crippen LogP contribution is 2.23. The third-order valence-corrected chi connectivity index (χ3v) is 2.85. The molecule has 3 nitrogen and oxygen atoms in total. The number of hydrogen-bond acceptors (Lipinski definition) is 2. The molecule has 2 rings (SSSR count). The Morgan fingerprint density at radius 3 is 2.88 bits per heavy atom. The first-order valence-corrected chi connectivity index (χ1v) is 5.32. The van der Waals surface area contributed by atoms with Crippen molar-refractivity contribution in [3.63, 3.8) is 0 Å². The number of carbonyl (C=O) groups is 1. The lowest BCUT2D eigenvalue weighted by atomic mass is 10.3. The van der Waals surface area contributed by atoms with E-state index in [1.54, 1.807) is 18.0 Å². The van der Waals surface area contributed by atoms with Crippen molar-refractivity contribution in [3.05, 3.63) is 29.0 Å². The fourth-order valence-corrected chi connectivity index (χ4v) is 1.73. The lowest BCUT2D eigenvalue weighted by Gasteiger charge is -2.13. The second-order valence-electron chi connectivity index (χ2n) is 3.73. The van der Waals surface area contributed by atoms with Gasteiger partial charge in [-0.05, 0) is 12.1 Å². The van der Waals surface area contributed by atoms with E-state index in [0.717, 1.165) is 0 Å². The minimum atomic E-state index is -0.544. The molecule has 0 spiro atoms. The topological polar surface area (TPSA) is 29.5 Å². The van der Waals surface area contributed by atoms with Crippen LogP contribution in [0, 0.1) is 5.82 Å². The highest BCUT2D eigenvalue weighted by Gasteiger charge is 2.30. The van der Waals surface area contributed by atoms with Gasteiger partial charge in [0.15, 0.2) is 6.10 Å². The van der Waals surface area contributed by atoms with Crippen molar-refractivity contribution in [2.75, 3.05) is 13.6 Å². The van der Waals surface area contributed by atoms with E-state index < -0.39 is 11.9 Å². The summed E-state index contributed by atoms with van der Waals surface area (Å²) in [4.78, 5) is 13.1. The van der Waals surface area contributed by atoms with Gasteiger partial charge in [0, 0.05) is 26.1 Å². The van der Waals surface area contributed by atoms with Gasteiger partial charge < -0.3 is 9.64 Å². The van der Waals surface area contributed by atoms with Gasteiger partial charge in [0.25, 0.3) is 5.91 Å². The van der Waals surface area contributed by atoms with Crippen LogP contribution in [0.4, 0.5) is 4.39 Å². The van der Waals surface area contributed by atoms with Gasteiger partial charge in [0.2, 0.25) is 0 Å². The number of ether oxygens (including phenoxy) is 1. The monoisotopic (exact) mass is 243 g/mol. The van der Waals surface area contributed by atoms with E-state index in [1.807, 2.05) is 0 Å². The third kappa shape index (κ3) is 2.11. The molecule has 16 heavy (non-hydrogen) atoms. The van der Waals surface area contributed by atoms with E-state index in [2.05, 4.69) is 0 Å². The maximum atomic E-state index is 13.1. The third-order valence-electron chi connectivity index (χ3n) is 2.55. The van der Waals surface area contributed by atoms with Gasteiger partial charge in [0.1, 0.15) is 11.6 Å². The molecule has 0 radical (unpaired) electrons. The van der Waals surface area contributed by atoms with E-state index in [9.17, 15) is 9.18 Å². The highest BCUT2D eigenvalue weighted by molar-refractivity contribution is 6.30. The molecule has 1 aromatic rings. The molecule has 1 unspecified atom stereocenters. The van der Waals surface area contributed by atoms with Crippen molar-refractivity contribution in [1.82, 2.24) is 4.90 Å². The van der Waals surface area contributed by atoms with Crippen LogP contribution < -0.4 is 4.74 Å². The van der Waals surface area contributed by atoms with Crippen molar-refractivity contribution in [1.29, 1.82) is 0 Å². The number of rotatable bonds is 2. The molecular formula is C11H11ClFNO2. The van der Waals surface area contributed by atoms with Crippen LogP contribution in [0.3, 0.4) is 0 Å². The number of nitrogens with zero attached hydrogens (tertiary/aromatic N) is 1. The van der Waals surface area contributed by atoms with Crippen molar-refractivity contribution in [3.8, 4) is 5.75 Å². The Labute approximate surface area is 97.8 Å². The maximum absolute atomic E-state index is 13.1. The van der Waals surface area contributed by atoms with Crippen molar-refractivity contribution in [2.24, 2.45) is 0 Å². The molecule has 1 fully saturated rings. The first-order valence-electron chi connectivity index (χ1n) is 4.94. The zero-order chi connectivity index (χ0) is 11.7. The van der Waals surface area contributed by atoms with Crippen LogP contribution >= 0.6 is 11.6 Å². The van der Waals surface area contributed by atoms with E-state index in [-0.39, 0.29) is 10.9 Å². The Balaban J connectivity index is 2.10. The van der Waals surface area contributed by atoms with Crippen molar-refractivity contribution >= 4 is 17.5 Å². The van der Waals surface area contributed by atoms with Crippen LogP contribution in [-0.4, -0.2) is 30.5 Å². The van der Waals surface area contributed by atoms with Crippen LogP contribution in [0.1, 0.15) is 6.42 Å². The Morgan fingerprint density at radius 1 is 1.56 bits per heavy atom. The number of likely N-dealkylation sites (tertiary alicyclic amines) is 1. The quantitative estimate of drug-likeness (QED) is 0.796. The second kappa shape index (κ2) is 4.29. The summed E-state index contributed by atoms with van der Waals surface area (Å²) in [5.74, 6) is -0.288. The molecule has 1 aromatic carbocycles. The first kappa shape index (κ1) is 11.2. The first-order chi connectivity index (χ1) is 7.58. The van der Waals surface area contributed by atoms with Gasteiger partial charge >= 0.3 is 0 Å². The Morgan fingerprint density at radius 2 is 2.31 bits per heavy atom. The molecule has 0 aromatic heterocycles. The molecule has 1 aliphatic rings. The molecule has 5 heteroatoms. The number of halogens is 2. The molecule has 1 saturated heterocycles. The van der Waals surface area contributed by atoms with Gasteiger partial charge in [-0.1, -0.05) is 11.6 Å². The number of amides is 1. The smallest absolute Gasteiger partial charge is 0.263 e. The second-order valence-corrected chi connectivity index (χ2v) is 4.14. The molecule has 1 heterocycles. The minimum absolute atomic E-state index is 0.0437. The van der Waals surface area contributed by atoms with Crippen LogP contribution in [0.5, 0.6) is 5.75 Å². The summed E-state index contributed by atoms with van der Waals surface area (Å²) in [7, 11) is 1.72. The SMILES string of the molecule is CN1CCC(Oc2ccc(Cl)c(F)c2)C1=O. The zero-order valence-electron chi connectivity index (χ0n) is 8.74. The van der Waals surface area contributed by atoms with Crippen LogP contribution in [-0.2, 0) is 4.79 Å². The Bertz CT molecular complexity index is 424. The number of hydrogen-bond donors (Lipinski definition) is 0. The molecule has 0 aliphatic carbocycles. The average Bonchev–Trinajstić information content (AvgIpc) is 2.55. The number of carbonyl (C=O) groups excluding carboxylic acids is 1. The fraction of sp³-hybridized carbons (Fsp3) is 0.364. The van der Waals surface area contributed by atoms with E-state index in [4.69, 9.17) is 16.3 Å². The summed E-state index contributed by atoms with van der Waals surface area (Å²) >= 11 is 5.54. The average molecular weight is 244 g/mol. The van der Waals surface area contributed by atoms with Crippen LogP contribution in [0.25, 0.3) is 0 Å². The Hall–Kier alpha value is -1.29. The molecule has 86 valence electrons. The largest absolute Gasteiger partial charge is 0.480 e. The van der Waals surface area contributed by atoms with Crippen molar-refractivity contribution < 1.29 is 13.9 Å². The summed E-state index contributed by atoms with van der Waals surface area (Å²) < 4.78 is 18.5. The number of likely N-dealkylation sites (N-methyl/N-ethyl adjacent to an activating group) is 1. The van der Waals surface area contributed by atoms with Gasteiger partial charge in [-0.3, -0.25) is 4.79 Å². The predicted octanol–water partition coefficient (Wildman–Crippen LogP) is 2.09. The summed E-state index contributed by atoms with van der Waals surface area (Å²) in [6.07, 6.45) is 0.116. The van der Waals surface area contributed by atoms with Crippen molar-refractivity contribution in [2.45, 2.75) is 12.5 Å². The standard InChI is InChI=1S/C11H11ClFNO2/c1-14-5-4-10(11(14)15)16-7-2-3-8(12)9(13)6-7/h2-3,6,10H,4-5H2,1H3. The van der Waals surface area contributed by atoms with Gasteiger partial charge in [-0.2, -0.15) is 0 Å². The molecule has 0 bridgehead atoms. The molecule has 0 saturated carbocycles. The summed E-state index contributed by atoms with van der Waals surface area (Å²) in [6.45, 7) is 0.666. The summed E-state index contributed by atoms with van der Waals surface area (Å²) in [5, 5.41) is 0.0437. The highest BCUT2D eigenvalue weighted by atomic mass is 35.5. The zero-order valence-corrected chi connectivity index (χ0v) is 9.50. The van der Waals surface area contributed by atoms with E-state index >= 15 is 0 Å². The minimum Gasteiger partial charge on any atom is -0.480 e. The van der Waals surface area contributed by atoms with Gasteiger partial charge in [-0.25, -0.2) is 4.39 Å². The normalized spacial score (nSPS) is 20.3. The van der Waals surface area contributed by atoms with Gasteiger partial charge in [-0.15, -0.1) is 0 Å². The lowest BCUT2D eigenvalue weighted by Crippen LogP contribution is -2.29. The summed E-state index contributed by atoms with van der Waals surface area (Å²) in [5.41, 5.74) is 0. The van der Waals surface area contributed by atoms with E-state index in [1.165, 1.54) is 12.1 Å². The van der Waals surface area contributed by atoms with E-state index in [0.29, 0.717) is 18.7 Å².